The molecular formula is C46H83N3Na4O12S. The van der Waals surface area contributed by atoms with Crippen LogP contribution >= 0.6 is 0 Å². The number of aryl methyl sites for hydroxylation is 1. The van der Waals surface area contributed by atoms with Crippen molar-refractivity contribution >= 4 is 45.4 Å². The number of carboxylic acid groups (broad SMARTS) is 4. The van der Waals surface area contributed by atoms with Gasteiger partial charge < -0.3 is 55.6 Å². The maximum atomic E-state index is 12.9. The van der Waals surface area contributed by atoms with E-state index < -0.39 is 86.8 Å². The summed E-state index contributed by atoms with van der Waals surface area (Å²) in [5.74, 6) is -24.1. The van der Waals surface area contributed by atoms with Gasteiger partial charge in [-0.2, -0.15) is 0 Å². The van der Waals surface area contributed by atoms with Crippen molar-refractivity contribution in [2.24, 2.45) is 35.5 Å². The maximum Gasteiger partial charge on any atom is 1.00 e. The molecule has 66 heavy (non-hydrogen) atoms. The van der Waals surface area contributed by atoms with Gasteiger partial charge in [-0.05, 0) is 76.9 Å². The molecule has 0 saturated heterocycles. The van der Waals surface area contributed by atoms with E-state index >= 15 is 0 Å². The number of carbonyl (C=O) groups excluding carboxylic acids is 6. The minimum absolute atomic E-state index is 0. The van der Waals surface area contributed by atoms with Gasteiger partial charge in [0.1, 0.15) is 5.78 Å². The van der Waals surface area contributed by atoms with E-state index in [9.17, 15) is 57.6 Å². The van der Waals surface area contributed by atoms with Crippen molar-refractivity contribution in [2.75, 3.05) is 39.5 Å². The molecule has 20 heteroatoms. The number of Topliss-reactive ketones (excluding diaryl/α,β-unsaturated/α-hetero) is 1. The number of sulfone groups is 1. The summed E-state index contributed by atoms with van der Waals surface area (Å²) >= 11 is 0. The molecule has 364 valence electrons. The zero-order valence-corrected chi connectivity index (χ0v) is 44.3. The van der Waals surface area contributed by atoms with Gasteiger partial charge in [0.25, 0.3) is 0 Å². The predicted molar refractivity (Wildman–Crippen MR) is 244 cm³/mol. The summed E-state index contributed by atoms with van der Waals surface area (Å²) in [6, 6.07) is 14.8. The Labute approximate surface area is 489 Å². The first-order valence-electron chi connectivity index (χ1n) is 17.6. The Morgan fingerprint density at radius 1 is 0.591 bits per heavy atom. The number of aliphatic carboxylic acids is 4. The normalized spacial score (nSPS) is 12.4. The van der Waals surface area contributed by atoms with Gasteiger partial charge >= 0.3 is 118 Å². The zero-order valence-electron chi connectivity index (χ0n) is 35.5. The largest absolute Gasteiger partial charge is 1.00 e. The Hall–Kier alpha value is -0.670. The number of nitrogens with one attached hydrogen (secondary N) is 3. The van der Waals surface area contributed by atoms with Crippen LogP contribution in [0.2, 0.25) is 0 Å². The van der Waals surface area contributed by atoms with Gasteiger partial charge in [-0.1, -0.05) is 121 Å². The number of carboxylic acids is 4. The van der Waals surface area contributed by atoms with Crippen molar-refractivity contribution < 1.29 is 176 Å². The third kappa shape index (κ3) is 30.8. The van der Waals surface area contributed by atoms with Crippen LogP contribution in [0.25, 0.3) is 0 Å². The number of benzene rings is 2. The van der Waals surface area contributed by atoms with E-state index in [-0.39, 0.29) is 190 Å². The predicted octanol–water partition coefficient (Wildman–Crippen LogP) is -9.31. The monoisotopic (exact) mass is 994 g/mol. The van der Waals surface area contributed by atoms with Gasteiger partial charge in [0.2, 0.25) is 5.91 Å². The number of carbonyl (C=O) groups is 6. The van der Waals surface area contributed by atoms with Crippen LogP contribution < -0.4 is 155 Å². The van der Waals surface area contributed by atoms with E-state index in [0.717, 1.165) is 52.4 Å². The molecule has 3 N–H and O–H groups in total. The third-order valence-corrected chi connectivity index (χ3v) is 11.2. The van der Waals surface area contributed by atoms with Gasteiger partial charge in [-0.3, -0.25) is 9.59 Å². The first-order valence-corrected chi connectivity index (χ1v) is 19.3. The first-order chi connectivity index (χ1) is 25.4. The van der Waals surface area contributed by atoms with Crippen LogP contribution in [0.15, 0.2) is 59.5 Å². The Morgan fingerprint density at radius 2 is 1.00 bits per heavy atom. The van der Waals surface area contributed by atoms with Crippen molar-refractivity contribution in [1.29, 1.82) is 0 Å². The van der Waals surface area contributed by atoms with Crippen molar-refractivity contribution in [1.82, 2.24) is 16.0 Å². The van der Waals surface area contributed by atoms with Crippen molar-refractivity contribution in [3.05, 3.63) is 65.7 Å². The van der Waals surface area contributed by atoms with Crippen LogP contribution in [0.5, 0.6) is 0 Å². The topological polar surface area (TPSA) is 265 Å². The number of amides is 1. The van der Waals surface area contributed by atoms with Gasteiger partial charge in [0.05, 0.1) is 16.6 Å². The molecule has 0 heterocycles. The van der Waals surface area contributed by atoms with Crippen LogP contribution in [0.1, 0.15) is 116 Å². The summed E-state index contributed by atoms with van der Waals surface area (Å²) in [7, 11) is -0.190. The van der Waals surface area contributed by atoms with Crippen LogP contribution in [-0.4, -0.2) is 83.5 Å². The number of hydrogen-bond donors (Lipinski definition) is 3. The standard InChI is InChI=1S/C24H31NO10.C14H24N2O2S.8CH4.4Na/c1-5-14(13-9-7-6-8-10-13)16(22(30)31)19(24(34)35)17(20(27)25-4)18(23(32)33)15(21(28)29)11(2)12(3)26;1-13-5-7-14(8-6-13)19(17,18)12-11-16-10-4-3-9-15-2;;;;;;;;;;;;/h6-11,14-19H,5H2,1-4H3,(H,25,27)(H,28,29)(H,30,31)(H,32,33)(H,34,35);5-8,15-16H,3-4,9-12H2,1-2H3;8*1H4;;;;/q;;;;;;;;;;4*+1/p-4. The Balaban J connectivity index is -0.0000000828. The number of unbranched alkanes of at least 4 members (excludes halogenated alkanes) is 1. The fourth-order valence-corrected chi connectivity index (χ4v) is 7.57. The SMILES string of the molecule is C.C.C.C.C.C.C.C.CCC(c1ccccc1)C(C(=O)[O-])C(C(=O)[O-])C(C(=O)NC)C(C(=O)[O-])C(C(=O)[O-])C(C)C(C)=O.CNCCCCNCCS(=O)(=O)c1ccc(C)cc1.[Na+].[Na+].[Na+].[Na+]. The van der Waals surface area contributed by atoms with E-state index in [1.54, 1.807) is 37.3 Å². The average molecular weight is 994 g/mol. The fourth-order valence-electron chi connectivity index (χ4n) is 6.37. The molecule has 2 rings (SSSR count). The number of ketones is 1. The second-order valence-electron chi connectivity index (χ2n) is 13.0. The third-order valence-electron chi connectivity index (χ3n) is 9.42. The van der Waals surface area contributed by atoms with Crippen molar-refractivity contribution in [3.63, 3.8) is 0 Å². The van der Waals surface area contributed by atoms with Gasteiger partial charge in [0.15, 0.2) is 9.84 Å². The molecule has 0 bridgehead atoms. The van der Waals surface area contributed by atoms with Gasteiger partial charge in [-0.25, -0.2) is 8.42 Å². The molecule has 0 aliphatic rings. The summed E-state index contributed by atoms with van der Waals surface area (Å²) in [6.07, 6.45) is 2.20. The molecule has 1 amide bonds. The number of hydrogen-bond acceptors (Lipinski definition) is 14. The van der Waals surface area contributed by atoms with Crippen LogP contribution in [0, 0.1) is 42.4 Å². The molecule has 7 atom stereocenters. The first kappa shape index (κ1) is 95.1. The molecule has 0 saturated carbocycles. The van der Waals surface area contributed by atoms with Gasteiger partial charge in [0, 0.05) is 67.1 Å². The summed E-state index contributed by atoms with van der Waals surface area (Å²) in [5.41, 5.74) is 1.44. The molecule has 0 aliphatic carbocycles. The average Bonchev–Trinajstić information content (AvgIpc) is 3.11. The zero-order chi connectivity index (χ0) is 41.2. The molecule has 0 aliphatic heterocycles. The Bertz CT molecular complexity index is 1680. The Kier molecular flexibility index (Phi) is 71.0. The number of rotatable bonds is 23. The van der Waals surface area contributed by atoms with E-state index in [4.69, 9.17) is 0 Å². The van der Waals surface area contributed by atoms with Crippen LogP contribution in [-0.2, 0) is 38.6 Å². The van der Waals surface area contributed by atoms with E-state index in [1.807, 2.05) is 26.1 Å². The second kappa shape index (κ2) is 49.3. The summed E-state index contributed by atoms with van der Waals surface area (Å²) < 4.78 is 24.1. The smallest absolute Gasteiger partial charge is 0.550 e. The summed E-state index contributed by atoms with van der Waals surface area (Å²) in [6.45, 7) is 7.92. The maximum absolute atomic E-state index is 12.9. The fraction of sp³-hybridized carbons (Fsp3) is 0.609. The molecule has 0 fully saturated rings. The van der Waals surface area contributed by atoms with Crippen molar-refractivity contribution in [2.45, 2.75) is 117 Å². The van der Waals surface area contributed by atoms with Gasteiger partial charge in [-0.15, -0.1) is 0 Å². The minimum atomic E-state index is -3.15. The van der Waals surface area contributed by atoms with Crippen LogP contribution in [0.4, 0.5) is 0 Å². The quantitative estimate of drug-likeness (QED) is 0.0690. The summed E-state index contributed by atoms with van der Waals surface area (Å²) in [4.78, 5) is 74.0. The second-order valence-corrected chi connectivity index (χ2v) is 15.1. The van der Waals surface area contributed by atoms with E-state index in [1.165, 1.54) is 12.1 Å². The van der Waals surface area contributed by atoms with E-state index in [0.29, 0.717) is 17.0 Å². The minimum Gasteiger partial charge on any atom is -0.550 e. The molecule has 2 aromatic rings. The molecule has 0 spiro atoms. The molecular weight excluding hydrogens is 911 g/mol. The van der Waals surface area contributed by atoms with E-state index in [2.05, 4.69) is 16.0 Å². The van der Waals surface area contributed by atoms with Crippen molar-refractivity contribution in [3.8, 4) is 0 Å². The molecule has 0 aromatic heterocycles. The molecule has 15 nitrogen and oxygen atoms in total. The molecule has 7 unspecified atom stereocenters. The Morgan fingerprint density at radius 3 is 1.36 bits per heavy atom. The molecule has 2 aromatic carbocycles. The molecule has 0 radical (unpaired) electrons. The van der Waals surface area contributed by atoms with Crippen LogP contribution in [0.3, 0.4) is 0 Å². The summed E-state index contributed by atoms with van der Waals surface area (Å²) in [5, 5.41) is 57.1.